The van der Waals surface area contributed by atoms with E-state index in [1.54, 1.807) is 0 Å². The van der Waals surface area contributed by atoms with Crippen LogP contribution in [0.25, 0.3) is 0 Å². The van der Waals surface area contributed by atoms with Crippen molar-refractivity contribution in [2.75, 3.05) is 0 Å². The van der Waals surface area contributed by atoms with Crippen molar-refractivity contribution in [1.82, 2.24) is 0 Å². The summed E-state index contributed by atoms with van der Waals surface area (Å²) in [5, 5.41) is 0. The molecule has 0 aliphatic heterocycles. The molecule has 0 fully saturated rings. The van der Waals surface area contributed by atoms with Crippen molar-refractivity contribution in [3.8, 4) is 0 Å². The molecule has 0 saturated carbocycles. The van der Waals surface area contributed by atoms with Crippen LogP contribution >= 0.6 is 0 Å². The molecule has 0 amide bonds. The average molecular weight is 246 g/mol. The quantitative estimate of drug-likeness (QED) is 0.650. The van der Waals surface area contributed by atoms with Crippen LogP contribution in [0.4, 0.5) is 0 Å². The number of benzene rings is 1. The third-order valence-corrected chi connectivity index (χ3v) is 3.26. The smallest absolute Gasteiger partial charge is 0.150 e. The summed E-state index contributed by atoms with van der Waals surface area (Å²) >= 11 is 0. The Balaban J connectivity index is 3.08. The molecule has 0 N–H and O–H groups in total. The lowest BCUT2D eigenvalue weighted by Gasteiger charge is -2.11. The van der Waals surface area contributed by atoms with Gasteiger partial charge in [0.05, 0.1) is 0 Å². The Morgan fingerprint density at radius 1 is 0.833 bits per heavy atom. The van der Waals surface area contributed by atoms with E-state index < -0.39 is 0 Å². The number of aryl methyl sites for hydroxylation is 2. The summed E-state index contributed by atoms with van der Waals surface area (Å²) < 4.78 is 0. The predicted octanol–water partition coefficient (Wildman–Crippen LogP) is 4.00. The number of hydrogen-bond donors (Lipinski definition) is 0. The number of aldehydes is 2. The highest BCUT2D eigenvalue weighted by Gasteiger charge is 2.08. The minimum absolute atomic E-state index is 0.524. The molecule has 0 spiro atoms. The van der Waals surface area contributed by atoms with Crippen molar-refractivity contribution >= 4 is 12.6 Å². The molecule has 1 aromatic carbocycles. The van der Waals surface area contributed by atoms with E-state index in [0.29, 0.717) is 11.1 Å². The van der Waals surface area contributed by atoms with Gasteiger partial charge in [0.1, 0.15) is 0 Å². The summed E-state index contributed by atoms with van der Waals surface area (Å²) in [6.07, 6.45) is 8.07. The lowest BCUT2D eigenvalue weighted by atomic mass is 9.93. The molecule has 0 aromatic heterocycles. The molecular weight excluding hydrogens is 224 g/mol. The fraction of sp³-hybridized carbons (Fsp3) is 0.500. The third kappa shape index (κ3) is 3.80. The molecule has 0 unspecified atom stereocenters. The fourth-order valence-electron chi connectivity index (χ4n) is 2.13. The molecule has 98 valence electrons. The van der Waals surface area contributed by atoms with Crippen molar-refractivity contribution in [1.29, 1.82) is 0 Å². The van der Waals surface area contributed by atoms with Gasteiger partial charge in [0.25, 0.3) is 0 Å². The second-order valence-corrected chi connectivity index (χ2v) is 4.69. The van der Waals surface area contributed by atoms with E-state index in [-0.39, 0.29) is 0 Å². The molecule has 0 heterocycles. The molecule has 1 rings (SSSR count). The maximum Gasteiger partial charge on any atom is 0.150 e. The summed E-state index contributed by atoms with van der Waals surface area (Å²) in [5.41, 5.74) is 3.52. The van der Waals surface area contributed by atoms with Crippen LogP contribution in [0.2, 0.25) is 0 Å². The van der Waals surface area contributed by atoms with Crippen LogP contribution in [0.5, 0.6) is 0 Å². The van der Waals surface area contributed by atoms with Crippen LogP contribution in [0.1, 0.15) is 71.4 Å². The third-order valence-electron chi connectivity index (χ3n) is 3.26. The van der Waals surface area contributed by atoms with E-state index in [9.17, 15) is 9.59 Å². The maximum absolute atomic E-state index is 11.0. The first-order valence-electron chi connectivity index (χ1n) is 6.82. The van der Waals surface area contributed by atoms with E-state index in [2.05, 4.69) is 13.8 Å². The van der Waals surface area contributed by atoms with E-state index in [1.165, 1.54) is 11.1 Å². The topological polar surface area (TPSA) is 34.1 Å². The monoisotopic (exact) mass is 246 g/mol. The van der Waals surface area contributed by atoms with Gasteiger partial charge in [0, 0.05) is 11.1 Å². The highest BCUT2D eigenvalue weighted by Crippen LogP contribution is 2.19. The molecule has 0 saturated heterocycles. The van der Waals surface area contributed by atoms with Crippen molar-refractivity contribution < 1.29 is 9.59 Å². The second-order valence-electron chi connectivity index (χ2n) is 4.69. The molecule has 0 atom stereocenters. The largest absolute Gasteiger partial charge is 0.298 e. The summed E-state index contributed by atoms with van der Waals surface area (Å²) in [6.45, 7) is 4.32. The van der Waals surface area contributed by atoms with Gasteiger partial charge in [-0.1, -0.05) is 26.7 Å². The van der Waals surface area contributed by atoms with Crippen LogP contribution in [-0.4, -0.2) is 12.6 Å². The van der Waals surface area contributed by atoms with Gasteiger partial charge in [-0.25, -0.2) is 0 Å². The number of carbonyl (C=O) groups excluding carboxylic acids is 2. The Bertz CT molecular complexity index is 369. The van der Waals surface area contributed by atoms with E-state index in [1.807, 2.05) is 12.1 Å². The zero-order valence-corrected chi connectivity index (χ0v) is 11.4. The Hall–Kier alpha value is -1.44. The Kier molecular flexibility index (Phi) is 6.34. The summed E-state index contributed by atoms with van der Waals surface area (Å²) in [4.78, 5) is 22.0. The lowest BCUT2D eigenvalue weighted by molar-refractivity contribution is 0.109. The first kappa shape index (κ1) is 14.6. The minimum Gasteiger partial charge on any atom is -0.298 e. The van der Waals surface area contributed by atoms with Crippen LogP contribution in [0.3, 0.4) is 0 Å². The zero-order valence-electron chi connectivity index (χ0n) is 11.4. The number of hydrogen-bond acceptors (Lipinski definition) is 2. The molecule has 18 heavy (non-hydrogen) atoms. The van der Waals surface area contributed by atoms with Crippen LogP contribution in [0.15, 0.2) is 12.1 Å². The molecule has 1 aromatic rings. The zero-order chi connectivity index (χ0) is 13.4. The van der Waals surface area contributed by atoms with Gasteiger partial charge in [-0.15, -0.1) is 0 Å². The number of rotatable bonds is 8. The van der Waals surface area contributed by atoms with Crippen LogP contribution in [0, 0.1) is 0 Å². The van der Waals surface area contributed by atoms with Gasteiger partial charge in [-0.05, 0) is 48.9 Å². The Labute approximate surface area is 109 Å². The van der Waals surface area contributed by atoms with E-state index in [0.717, 1.165) is 51.1 Å². The van der Waals surface area contributed by atoms with Crippen LogP contribution in [-0.2, 0) is 12.8 Å². The molecule has 0 aliphatic rings. The van der Waals surface area contributed by atoms with E-state index in [4.69, 9.17) is 0 Å². The van der Waals surface area contributed by atoms with Gasteiger partial charge in [-0.2, -0.15) is 0 Å². The SMILES string of the molecule is CCCCc1cc(C=O)c(C=O)cc1CCCC. The second kappa shape index (κ2) is 7.80. The highest BCUT2D eigenvalue weighted by atomic mass is 16.1. The lowest BCUT2D eigenvalue weighted by Crippen LogP contribution is -2.01. The highest BCUT2D eigenvalue weighted by molar-refractivity contribution is 5.90. The summed E-state index contributed by atoms with van der Waals surface area (Å²) in [6, 6.07) is 3.80. The molecule has 2 heteroatoms. The Morgan fingerprint density at radius 3 is 1.50 bits per heavy atom. The van der Waals surface area contributed by atoms with Crippen molar-refractivity contribution in [2.45, 2.75) is 52.4 Å². The van der Waals surface area contributed by atoms with Gasteiger partial charge in [-0.3, -0.25) is 9.59 Å². The average Bonchev–Trinajstić information content (AvgIpc) is 2.42. The standard InChI is InChI=1S/C16H22O2/c1-3-5-7-13-9-15(11-17)16(12-18)10-14(13)8-6-4-2/h9-12H,3-8H2,1-2H3. The molecular formula is C16H22O2. The first-order chi connectivity index (χ1) is 8.76. The van der Waals surface area contributed by atoms with Gasteiger partial charge in [0.2, 0.25) is 0 Å². The van der Waals surface area contributed by atoms with Gasteiger partial charge < -0.3 is 0 Å². The van der Waals surface area contributed by atoms with Crippen molar-refractivity contribution in [3.05, 3.63) is 34.4 Å². The van der Waals surface area contributed by atoms with Crippen molar-refractivity contribution in [3.63, 3.8) is 0 Å². The van der Waals surface area contributed by atoms with E-state index >= 15 is 0 Å². The summed E-state index contributed by atoms with van der Waals surface area (Å²) in [5.74, 6) is 0. The Morgan fingerprint density at radius 2 is 1.22 bits per heavy atom. The molecule has 0 aliphatic carbocycles. The predicted molar refractivity (Wildman–Crippen MR) is 74.4 cm³/mol. The normalized spacial score (nSPS) is 10.3. The fourth-order valence-corrected chi connectivity index (χ4v) is 2.13. The number of unbranched alkanes of at least 4 members (excludes halogenated alkanes) is 2. The minimum atomic E-state index is 0.524. The first-order valence-corrected chi connectivity index (χ1v) is 6.82. The maximum atomic E-state index is 11.0. The molecule has 0 radical (unpaired) electrons. The van der Waals surface area contributed by atoms with Crippen LogP contribution < -0.4 is 0 Å². The van der Waals surface area contributed by atoms with Gasteiger partial charge >= 0.3 is 0 Å². The molecule has 2 nitrogen and oxygen atoms in total. The summed E-state index contributed by atoms with van der Waals surface area (Å²) in [7, 11) is 0. The van der Waals surface area contributed by atoms with Crippen molar-refractivity contribution in [2.24, 2.45) is 0 Å². The molecule has 0 bridgehead atoms. The number of carbonyl (C=O) groups is 2. The van der Waals surface area contributed by atoms with Gasteiger partial charge in [0.15, 0.2) is 12.6 Å².